The van der Waals surface area contributed by atoms with E-state index in [0.29, 0.717) is 11.5 Å². The SMILES string of the molecule is CC1CCc2nc3ccccc3c(C(=O)OCC(N)=O)c2C1. The molecule has 1 aromatic heterocycles. The Morgan fingerprint density at radius 2 is 2.14 bits per heavy atom. The van der Waals surface area contributed by atoms with Crippen molar-refractivity contribution in [2.75, 3.05) is 6.61 Å². The van der Waals surface area contributed by atoms with Gasteiger partial charge in [-0.25, -0.2) is 4.79 Å². The Labute approximate surface area is 128 Å². The number of aryl methyl sites for hydroxylation is 1. The van der Waals surface area contributed by atoms with Gasteiger partial charge in [0.1, 0.15) is 0 Å². The number of ether oxygens (including phenoxy) is 1. The maximum absolute atomic E-state index is 12.5. The lowest BCUT2D eigenvalue weighted by Gasteiger charge is -2.24. The van der Waals surface area contributed by atoms with Crippen LogP contribution in [0.5, 0.6) is 0 Å². The third-order valence-corrected chi connectivity index (χ3v) is 4.06. The number of carbonyl (C=O) groups is 2. The lowest BCUT2D eigenvalue weighted by molar-refractivity contribution is -0.121. The summed E-state index contributed by atoms with van der Waals surface area (Å²) in [5.41, 5.74) is 8.29. The molecule has 0 spiro atoms. The molecule has 3 rings (SSSR count). The largest absolute Gasteiger partial charge is 0.452 e. The van der Waals surface area contributed by atoms with Gasteiger partial charge in [-0.05, 0) is 36.8 Å². The standard InChI is InChI=1S/C17H18N2O3/c1-10-6-7-14-12(8-10)16(17(21)22-9-15(18)20)11-4-2-3-5-13(11)19-14/h2-5,10H,6-9H2,1H3,(H2,18,20). The minimum atomic E-state index is -0.658. The smallest absolute Gasteiger partial charge is 0.339 e. The number of para-hydroxylation sites is 1. The summed E-state index contributed by atoms with van der Waals surface area (Å²) < 4.78 is 5.06. The summed E-state index contributed by atoms with van der Waals surface area (Å²) in [6, 6.07) is 7.51. The minimum Gasteiger partial charge on any atom is -0.452 e. The maximum Gasteiger partial charge on any atom is 0.339 e. The number of nitrogens with zero attached hydrogens (tertiary/aromatic N) is 1. The van der Waals surface area contributed by atoms with Crippen molar-refractivity contribution in [1.82, 2.24) is 4.98 Å². The molecule has 1 heterocycles. The fourth-order valence-electron chi connectivity index (χ4n) is 3.00. The Hall–Kier alpha value is -2.43. The van der Waals surface area contributed by atoms with Crippen molar-refractivity contribution in [3.63, 3.8) is 0 Å². The van der Waals surface area contributed by atoms with E-state index in [1.807, 2.05) is 24.3 Å². The van der Waals surface area contributed by atoms with Crippen LogP contribution in [0.4, 0.5) is 0 Å². The molecule has 5 nitrogen and oxygen atoms in total. The van der Waals surface area contributed by atoms with Gasteiger partial charge in [-0.1, -0.05) is 25.1 Å². The first-order valence-corrected chi connectivity index (χ1v) is 7.42. The number of benzene rings is 1. The van der Waals surface area contributed by atoms with Crippen LogP contribution >= 0.6 is 0 Å². The van der Waals surface area contributed by atoms with Crippen molar-refractivity contribution in [2.24, 2.45) is 11.7 Å². The Bertz CT molecular complexity index is 755. The van der Waals surface area contributed by atoms with Crippen molar-refractivity contribution in [1.29, 1.82) is 0 Å². The van der Waals surface area contributed by atoms with Gasteiger partial charge in [0.15, 0.2) is 6.61 Å². The number of primary amides is 1. The van der Waals surface area contributed by atoms with Crippen molar-refractivity contribution in [3.8, 4) is 0 Å². The monoisotopic (exact) mass is 298 g/mol. The number of amides is 1. The molecule has 114 valence electrons. The highest BCUT2D eigenvalue weighted by atomic mass is 16.5. The molecule has 0 aliphatic heterocycles. The Balaban J connectivity index is 2.14. The van der Waals surface area contributed by atoms with Crippen LogP contribution in [-0.2, 0) is 22.4 Å². The molecule has 1 amide bonds. The van der Waals surface area contributed by atoms with E-state index in [4.69, 9.17) is 10.5 Å². The van der Waals surface area contributed by atoms with E-state index in [-0.39, 0.29) is 0 Å². The molecule has 0 fully saturated rings. The molecule has 22 heavy (non-hydrogen) atoms. The van der Waals surface area contributed by atoms with Crippen LogP contribution in [0.2, 0.25) is 0 Å². The van der Waals surface area contributed by atoms with E-state index in [2.05, 4.69) is 11.9 Å². The van der Waals surface area contributed by atoms with Gasteiger partial charge in [0, 0.05) is 11.1 Å². The number of hydrogen-bond donors (Lipinski definition) is 1. The summed E-state index contributed by atoms with van der Waals surface area (Å²) in [6.07, 6.45) is 2.72. The van der Waals surface area contributed by atoms with Crippen molar-refractivity contribution in [2.45, 2.75) is 26.2 Å². The Morgan fingerprint density at radius 1 is 1.36 bits per heavy atom. The summed E-state index contributed by atoms with van der Waals surface area (Å²) in [7, 11) is 0. The van der Waals surface area contributed by atoms with Crippen molar-refractivity contribution in [3.05, 3.63) is 41.1 Å². The van der Waals surface area contributed by atoms with Crippen LogP contribution in [0.15, 0.2) is 24.3 Å². The Kier molecular flexibility index (Phi) is 3.79. The van der Waals surface area contributed by atoms with Gasteiger partial charge >= 0.3 is 5.97 Å². The second kappa shape index (κ2) is 5.75. The molecule has 0 saturated heterocycles. The zero-order valence-corrected chi connectivity index (χ0v) is 12.5. The molecular formula is C17H18N2O3. The average Bonchev–Trinajstić information content (AvgIpc) is 2.50. The molecule has 1 aromatic carbocycles. The quantitative estimate of drug-likeness (QED) is 0.879. The fourth-order valence-corrected chi connectivity index (χ4v) is 3.00. The lowest BCUT2D eigenvalue weighted by atomic mass is 9.84. The molecular weight excluding hydrogens is 280 g/mol. The topological polar surface area (TPSA) is 82.3 Å². The highest BCUT2D eigenvalue weighted by Crippen LogP contribution is 2.31. The predicted molar refractivity (Wildman–Crippen MR) is 82.4 cm³/mol. The zero-order chi connectivity index (χ0) is 15.7. The second-order valence-electron chi connectivity index (χ2n) is 5.82. The zero-order valence-electron chi connectivity index (χ0n) is 12.5. The molecule has 0 bridgehead atoms. The first kappa shape index (κ1) is 14.5. The summed E-state index contributed by atoms with van der Waals surface area (Å²) in [5, 5.41) is 0.768. The fraction of sp³-hybridized carbons (Fsp3) is 0.353. The van der Waals surface area contributed by atoms with Gasteiger partial charge in [0.2, 0.25) is 0 Å². The van der Waals surface area contributed by atoms with Crippen molar-refractivity contribution < 1.29 is 14.3 Å². The van der Waals surface area contributed by atoms with E-state index in [9.17, 15) is 9.59 Å². The first-order valence-electron chi connectivity index (χ1n) is 7.42. The number of carbonyl (C=O) groups excluding carboxylic acids is 2. The summed E-state index contributed by atoms with van der Waals surface area (Å²) in [4.78, 5) is 28.0. The van der Waals surface area contributed by atoms with Crippen LogP contribution in [0.1, 0.15) is 35.0 Å². The molecule has 0 radical (unpaired) electrons. The predicted octanol–water partition coefficient (Wildman–Crippen LogP) is 2.00. The first-order chi connectivity index (χ1) is 10.6. The highest BCUT2D eigenvalue weighted by Gasteiger charge is 2.26. The number of rotatable bonds is 3. The molecule has 2 N–H and O–H groups in total. The number of esters is 1. The van der Waals surface area contributed by atoms with Crippen LogP contribution < -0.4 is 5.73 Å². The molecule has 0 saturated carbocycles. The van der Waals surface area contributed by atoms with E-state index in [1.165, 1.54) is 0 Å². The molecule has 1 unspecified atom stereocenters. The number of hydrogen-bond acceptors (Lipinski definition) is 4. The Morgan fingerprint density at radius 3 is 2.91 bits per heavy atom. The highest BCUT2D eigenvalue weighted by molar-refractivity contribution is 6.05. The summed E-state index contributed by atoms with van der Waals surface area (Å²) in [5.74, 6) is -0.658. The third kappa shape index (κ3) is 2.66. The van der Waals surface area contributed by atoms with Gasteiger partial charge in [0.25, 0.3) is 5.91 Å². The normalized spacial score (nSPS) is 17.0. The van der Waals surface area contributed by atoms with Crippen LogP contribution in [0.3, 0.4) is 0 Å². The van der Waals surface area contributed by atoms with Gasteiger partial charge < -0.3 is 10.5 Å². The van der Waals surface area contributed by atoms with Gasteiger partial charge in [0.05, 0.1) is 11.1 Å². The van der Waals surface area contributed by atoms with Crippen LogP contribution in [0, 0.1) is 5.92 Å². The van der Waals surface area contributed by atoms with Crippen molar-refractivity contribution >= 4 is 22.8 Å². The molecule has 1 aliphatic rings. The second-order valence-corrected chi connectivity index (χ2v) is 5.82. The van der Waals surface area contributed by atoms with E-state index in [1.54, 1.807) is 0 Å². The third-order valence-electron chi connectivity index (χ3n) is 4.06. The summed E-state index contributed by atoms with van der Waals surface area (Å²) >= 11 is 0. The van der Waals surface area contributed by atoms with Crippen LogP contribution in [0.25, 0.3) is 10.9 Å². The van der Waals surface area contributed by atoms with E-state index in [0.717, 1.165) is 41.4 Å². The molecule has 2 aromatic rings. The van der Waals surface area contributed by atoms with Crippen LogP contribution in [-0.4, -0.2) is 23.5 Å². The average molecular weight is 298 g/mol. The maximum atomic E-state index is 12.5. The number of fused-ring (bicyclic) bond motifs is 2. The molecule has 1 aliphatic carbocycles. The van der Waals surface area contributed by atoms with Gasteiger partial charge in [-0.2, -0.15) is 0 Å². The lowest BCUT2D eigenvalue weighted by Crippen LogP contribution is -2.23. The molecule has 5 heteroatoms. The minimum absolute atomic E-state index is 0.403. The van der Waals surface area contributed by atoms with E-state index < -0.39 is 18.5 Å². The number of nitrogens with two attached hydrogens (primary N) is 1. The van der Waals surface area contributed by atoms with Gasteiger partial charge in [-0.3, -0.25) is 9.78 Å². The van der Waals surface area contributed by atoms with E-state index >= 15 is 0 Å². The van der Waals surface area contributed by atoms with Gasteiger partial charge in [-0.15, -0.1) is 0 Å². The molecule has 1 atom stereocenters. The number of aromatic nitrogens is 1. The summed E-state index contributed by atoms with van der Waals surface area (Å²) in [6.45, 7) is 1.76. The number of pyridine rings is 1.